The Morgan fingerprint density at radius 1 is 1.25 bits per heavy atom. The molecule has 24 heavy (non-hydrogen) atoms. The van der Waals surface area contributed by atoms with Gasteiger partial charge < -0.3 is 14.8 Å². The highest BCUT2D eigenvalue weighted by molar-refractivity contribution is 7.15. The van der Waals surface area contributed by atoms with Gasteiger partial charge in [-0.1, -0.05) is 25.2 Å². The summed E-state index contributed by atoms with van der Waals surface area (Å²) in [5.41, 5.74) is 0.813. The highest BCUT2D eigenvalue weighted by atomic mass is 32.1. The monoisotopic (exact) mass is 348 g/mol. The average molecular weight is 348 g/mol. The summed E-state index contributed by atoms with van der Waals surface area (Å²) in [5.74, 6) is 1.29. The van der Waals surface area contributed by atoms with Crippen LogP contribution in [0.1, 0.15) is 25.3 Å². The molecule has 2 heterocycles. The van der Waals surface area contributed by atoms with E-state index in [2.05, 4.69) is 20.8 Å². The zero-order valence-corrected chi connectivity index (χ0v) is 14.5. The van der Waals surface area contributed by atoms with E-state index in [0.29, 0.717) is 30.5 Å². The van der Waals surface area contributed by atoms with Crippen LogP contribution >= 0.6 is 11.3 Å². The number of anilines is 2. The maximum absolute atomic E-state index is 12.4. The van der Waals surface area contributed by atoms with Crippen LogP contribution in [0.3, 0.4) is 0 Å². The van der Waals surface area contributed by atoms with Crippen LogP contribution < -0.4 is 20.1 Å². The number of fused-ring (bicyclic) bond motifs is 1. The van der Waals surface area contributed by atoms with Crippen molar-refractivity contribution in [1.29, 1.82) is 0 Å². The minimum absolute atomic E-state index is 0.133. The molecule has 0 spiro atoms. The number of hydrogen-bond acceptors (Lipinski definition) is 7. The Morgan fingerprint density at radius 3 is 2.75 bits per heavy atom. The molecule has 1 amide bonds. The van der Waals surface area contributed by atoms with Gasteiger partial charge in [0.05, 0.1) is 0 Å². The largest absolute Gasteiger partial charge is 0.486 e. The first-order valence-electron chi connectivity index (χ1n) is 7.99. The number of aryl methyl sites for hydroxylation is 1. The molecule has 8 heteroatoms. The van der Waals surface area contributed by atoms with Crippen molar-refractivity contribution in [1.82, 2.24) is 10.2 Å². The summed E-state index contributed by atoms with van der Waals surface area (Å²) in [5, 5.41) is 15.5. The van der Waals surface area contributed by atoms with Crippen molar-refractivity contribution >= 4 is 28.1 Å². The number of nitrogens with one attached hydrogen (secondary N) is 2. The Bertz CT molecular complexity index is 719. The predicted molar refractivity (Wildman–Crippen MR) is 93.1 cm³/mol. The Kier molecular flexibility index (Phi) is 5.14. The van der Waals surface area contributed by atoms with Crippen LogP contribution in [0.2, 0.25) is 0 Å². The number of amides is 1. The third kappa shape index (κ3) is 3.76. The van der Waals surface area contributed by atoms with Gasteiger partial charge in [0.1, 0.15) is 24.3 Å². The number of ether oxygens (including phenoxy) is 2. The van der Waals surface area contributed by atoms with Crippen LogP contribution in [0.4, 0.5) is 10.8 Å². The van der Waals surface area contributed by atoms with E-state index in [9.17, 15) is 4.79 Å². The van der Waals surface area contributed by atoms with E-state index in [0.717, 1.165) is 22.9 Å². The molecule has 7 nitrogen and oxygen atoms in total. The van der Waals surface area contributed by atoms with Crippen molar-refractivity contribution in [2.75, 3.05) is 23.8 Å². The van der Waals surface area contributed by atoms with E-state index in [1.807, 2.05) is 32.0 Å². The minimum atomic E-state index is -0.374. The molecule has 1 aromatic carbocycles. The highest BCUT2D eigenvalue weighted by Gasteiger charge is 2.19. The van der Waals surface area contributed by atoms with E-state index in [1.54, 1.807) is 0 Å². The first-order valence-corrected chi connectivity index (χ1v) is 8.80. The molecule has 1 atom stereocenters. The van der Waals surface area contributed by atoms with E-state index < -0.39 is 0 Å². The Labute approximate surface area is 144 Å². The fourth-order valence-corrected chi connectivity index (χ4v) is 3.01. The molecule has 0 bridgehead atoms. The lowest BCUT2D eigenvalue weighted by Crippen LogP contribution is -2.34. The molecule has 2 N–H and O–H groups in total. The number of carbonyl (C=O) groups excluding carboxylic acids is 1. The molecule has 0 saturated carbocycles. The second kappa shape index (κ2) is 7.48. The molecule has 1 aromatic heterocycles. The third-order valence-corrected chi connectivity index (χ3v) is 4.59. The second-order valence-corrected chi connectivity index (χ2v) is 6.37. The van der Waals surface area contributed by atoms with Crippen molar-refractivity contribution in [2.45, 2.75) is 32.7 Å². The van der Waals surface area contributed by atoms with E-state index in [-0.39, 0.29) is 11.9 Å². The van der Waals surface area contributed by atoms with Gasteiger partial charge in [-0.3, -0.25) is 10.1 Å². The van der Waals surface area contributed by atoms with E-state index in [1.165, 1.54) is 11.3 Å². The summed E-state index contributed by atoms with van der Waals surface area (Å²) in [6.45, 7) is 5.05. The number of rotatable bonds is 6. The van der Waals surface area contributed by atoms with Gasteiger partial charge in [-0.25, -0.2) is 0 Å². The zero-order valence-electron chi connectivity index (χ0n) is 13.7. The molecule has 1 aliphatic rings. The van der Waals surface area contributed by atoms with Crippen molar-refractivity contribution in [2.24, 2.45) is 0 Å². The van der Waals surface area contributed by atoms with Crippen LogP contribution in [0.5, 0.6) is 11.5 Å². The van der Waals surface area contributed by atoms with Gasteiger partial charge in [0.15, 0.2) is 11.5 Å². The van der Waals surface area contributed by atoms with Crippen molar-refractivity contribution in [3.8, 4) is 11.5 Å². The summed E-state index contributed by atoms with van der Waals surface area (Å²) >= 11 is 1.40. The molecule has 2 aromatic rings. The van der Waals surface area contributed by atoms with Gasteiger partial charge in [-0.05, 0) is 25.0 Å². The van der Waals surface area contributed by atoms with Gasteiger partial charge in [0, 0.05) is 11.8 Å². The molecule has 0 radical (unpaired) electrons. The van der Waals surface area contributed by atoms with Gasteiger partial charge in [-0.2, -0.15) is 0 Å². The summed E-state index contributed by atoms with van der Waals surface area (Å²) in [6, 6.07) is 5.20. The third-order valence-electron chi connectivity index (χ3n) is 3.61. The molecule has 0 saturated heterocycles. The van der Waals surface area contributed by atoms with Crippen LogP contribution in [0, 0.1) is 0 Å². The zero-order chi connectivity index (χ0) is 16.9. The van der Waals surface area contributed by atoms with Gasteiger partial charge >= 0.3 is 0 Å². The van der Waals surface area contributed by atoms with Crippen LogP contribution in [0.25, 0.3) is 0 Å². The van der Waals surface area contributed by atoms with Gasteiger partial charge in [-0.15, -0.1) is 10.2 Å². The predicted octanol–water partition coefficient (Wildman–Crippen LogP) is 2.70. The lowest BCUT2D eigenvalue weighted by molar-refractivity contribution is -0.117. The maximum Gasteiger partial charge on any atom is 0.248 e. The molecule has 128 valence electrons. The van der Waals surface area contributed by atoms with E-state index >= 15 is 0 Å². The number of hydrogen-bond donors (Lipinski definition) is 2. The maximum atomic E-state index is 12.4. The molecule has 1 unspecified atom stereocenters. The van der Waals surface area contributed by atoms with Crippen molar-refractivity contribution in [3.63, 3.8) is 0 Å². The summed E-state index contributed by atoms with van der Waals surface area (Å²) in [6.07, 6.45) is 1.44. The lowest BCUT2D eigenvalue weighted by atomic mass is 10.2. The molecule has 0 fully saturated rings. The van der Waals surface area contributed by atoms with Crippen molar-refractivity contribution < 1.29 is 14.3 Å². The first-order chi connectivity index (χ1) is 11.7. The molecule has 0 aliphatic carbocycles. The fourth-order valence-electron chi connectivity index (χ4n) is 2.33. The van der Waals surface area contributed by atoms with Crippen LogP contribution in [-0.4, -0.2) is 35.4 Å². The first kappa shape index (κ1) is 16.5. The molecular formula is C16H20N4O3S. The summed E-state index contributed by atoms with van der Waals surface area (Å²) in [7, 11) is 0. The quantitative estimate of drug-likeness (QED) is 0.835. The highest BCUT2D eigenvalue weighted by Crippen LogP contribution is 2.33. The fraction of sp³-hybridized carbons (Fsp3) is 0.438. The Balaban J connectivity index is 1.66. The minimum Gasteiger partial charge on any atom is -0.486 e. The molecule has 1 aliphatic heterocycles. The Hall–Kier alpha value is -2.35. The van der Waals surface area contributed by atoms with E-state index in [4.69, 9.17) is 9.47 Å². The Morgan fingerprint density at radius 2 is 2.04 bits per heavy atom. The number of carbonyl (C=O) groups is 1. The second-order valence-electron chi connectivity index (χ2n) is 5.31. The van der Waals surface area contributed by atoms with Crippen LogP contribution in [-0.2, 0) is 11.2 Å². The number of benzene rings is 1. The number of nitrogens with zero attached hydrogens (tertiary/aromatic N) is 2. The summed E-state index contributed by atoms with van der Waals surface area (Å²) < 4.78 is 11.1. The average Bonchev–Trinajstić information content (AvgIpc) is 3.07. The molecule has 3 rings (SSSR count). The van der Waals surface area contributed by atoms with Gasteiger partial charge in [0.25, 0.3) is 0 Å². The normalized spacial score (nSPS) is 14.1. The summed E-state index contributed by atoms with van der Waals surface area (Å²) in [4.78, 5) is 12.4. The van der Waals surface area contributed by atoms with Gasteiger partial charge in [0.2, 0.25) is 11.0 Å². The van der Waals surface area contributed by atoms with Crippen LogP contribution in [0.15, 0.2) is 18.2 Å². The lowest BCUT2D eigenvalue weighted by Gasteiger charge is -2.21. The topological polar surface area (TPSA) is 85.4 Å². The number of aromatic nitrogens is 2. The van der Waals surface area contributed by atoms with Crippen molar-refractivity contribution in [3.05, 3.63) is 23.2 Å². The smallest absolute Gasteiger partial charge is 0.248 e. The molecular weight excluding hydrogens is 328 g/mol. The SMILES string of the molecule is CCc1nnc(NC(=O)C(CC)Nc2ccc3c(c2)OCCO3)s1. The standard InChI is InChI=1S/C16H20N4O3S/c1-3-11(15(21)18-16-20-19-14(4-2)24-16)17-10-5-6-12-13(9-10)23-8-7-22-12/h5-6,9,11,17H,3-4,7-8H2,1-2H3,(H,18,20,21).